The molecule has 2 fully saturated rings. The number of hydrogen-bond acceptors (Lipinski definition) is 4. The SMILES string of the molecule is O=S(=O)(c1ccc(C2CCNC2)cc1)C1COC1. The molecule has 5 heteroatoms. The van der Waals surface area contributed by atoms with Crippen LogP contribution in [0.4, 0.5) is 0 Å². The van der Waals surface area contributed by atoms with E-state index >= 15 is 0 Å². The number of ether oxygens (including phenoxy) is 1. The summed E-state index contributed by atoms with van der Waals surface area (Å²) >= 11 is 0. The zero-order chi connectivity index (χ0) is 12.6. The molecule has 4 nitrogen and oxygen atoms in total. The van der Waals surface area contributed by atoms with Crippen LogP contribution < -0.4 is 5.32 Å². The van der Waals surface area contributed by atoms with Crippen molar-refractivity contribution in [3.63, 3.8) is 0 Å². The predicted octanol–water partition coefficient (Wildman–Crippen LogP) is 0.936. The third kappa shape index (κ3) is 2.06. The molecule has 1 N–H and O–H groups in total. The van der Waals surface area contributed by atoms with Crippen molar-refractivity contribution in [2.75, 3.05) is 26.3 Å². The van der Waals surface area contributed by atoms with Crippen molar-refractivity contribution in [3.8, 4) is 0 Å². The van der Waals surface area contributed by atoms with Crippen LogP contribution in [0.25, 0.3) is 0 Å². The van der Waals surface area contributed by atoms with Crippen LogP contribution in [0.2, 0.25) is 0 Å². The maximum Gasteiger partial charge on any atom is 0.185 e. The molecule has 2 aliphatic rings. The third-order valence-corrected chi connectivity index (χ3v) is 5.87. The van der Waals surface area contributed by atoms with Gasteiger partial charge in [0.05, 0.1) is 18.1 Å². The summed E-state index contributed by atoms with van der Waals surface area (Å²) in [6.07, 6.45) is 1.13. The smallest absolute Gasteiger partial charge is 0.185 e. The molecule has 0 aliphatic carbocycles. The molecule has 2 aliphatic heterocycles. The summed E-state index contributed by atoms with van der Waals surface area (Å²) in [5.41, 5.74) is 1.23. The van der Waals surface area contributed by atoms with Gasteiger partial charge in [0.15, 0.2) is 9.84 Å². The minimum absolute atomic E-state index is 0.330. The van der Waals surface area contributed by atoms with Gasteiger partial charge in [-0.05, 0) is 36.6 Å². The van der Waals surface area contributed by atoms with E-state index in [9.17, 15) is 8.42 Å². The highest BCUT2D eigenvalue weighted by atomic mass is 32.2. The quantitative estimate of drug-likeness (QED) is 0.885. The third-order valence-electron chi connectivity index (χ3n) is 3.79. The van der Waals surface area contributed by atoms with Crippen molar-refractivity contribution < 1.29 is 13.2 Å². The van der Waals surface area contributed by atoms with Crippen molar-refractivity contribution in [3.05, 3.63) is 29.8 Å². The van der Waals surface area contributed by atoms with Crippen molar-refractivity contribution in [2.24, 2.45) is 0 Å². The molecule has 0 aromatic heterocycles. The topological polar surface area (TPSA) is 55.4 Å². The van der Waals surface area contributed by atoms with E-state index in [2.05, 4.69) is 5.32 Å². The first kappa shape index (κ1) is 12.1. The second-order valence-corrected chi connectivity index (χ2v) is 7.19. The molecule has 0 radical (unpaired) electrons. The zero-order valence-corrected chi connectivity index (χ0v) is 10.9. The Bertz CT molecular complexity index is 514. The van der Waals surface area contributed by atoms with Crippen molar-refractivity contribution in [1.29, 1.82) is 0 Å². The lowest BCUT2D eigenvalue weighted by molar-refractivity contribution is 0.0416. The van der Waals surface area contributed by atoms with Gasteiger partial charge in [-0.15, -0.1) is 0 Å². The number of hydrogen-bond donors (Lipinski definition) is 1. The van der Waals surface area contributed by atoms with Gasteiger partial charge in [0.1, 0.15) is 5.25 Å². The number of nitrogens with one attached hydrogen (secondary N) is 1. The van der Waals surface area contributed by atoms with Gasteiger partial charge in [-0.2, -0.15) is 0 Å². The predicted molar refractivity (Wildman–Crippen MR) is 68.5 cm³/mol. The molecule has 1 aromatic carbocycles. The van der Waals surface area contributed by atoms with E-state index in [1.54, 1.807) is 12.1 Å². The van der Waals surface area contributed by atoms with E-state index in [0.29, 0.717) is 24.0 Å². The van der Waals surface area contributed by atoms with E-state index in [-0.39, 0.29) is 5.25 Å². The van der Waals surface area contributed by atoms with Gasteiger partial charge in [-0.1, -0.05) is 12.1 Å². The summed E-state index contributed by atoms with van der Waals surface area (Å²) in [6.45, 7) is 2.69. The van der Waals surface area contributed by atoms with Crippen LogP contribution in [-0.4, -0.2) is 40.0 Å². The van der Waals surface area contributed by atoms with Gasteiger partial charge in [-0.3, -0.25) is 0 Å². The Morgan fingerprint density at radius 1 is 1.17 bits per heavy atom. The average Bonchev–Trinajstić information content (AvgIpc) is 2.79. The molecule has 0 saturated carbocycles. The molecule has 18 heavy (non-hydrogen) atoms. The van der Waals surface area contributed by atoms with Crippen LogP contribution in [-0.2, 0) is 14.6 Å². The van der Waals surface area contributed by atoms with E-state index < -0.39 is 9.84 Å². The van der Waals surface area contributed by atoms with Gasteiger partial charge in [0.2, 0.25) is 0 Å². The summed E-state index contributed by atoms with van der Waals surface area (Å²) in [6, 6.07) is 7.37. The van der Waals surface area contributed by atoms with Crippen LogP contribution in [0.3, 0.4) is 0 Å². The normalized spacial score (nSPS) is 25.0. The molecule has 98 valence electrons. The van der Waals surface area contributed by atoms with Gasteiger partial charge in [0.25, 0.3) is 0 Å². The summed E-state index contributed by atoms with van der Waals surface area (Å²) < 4.78 is 29.3. The van der Waals surface area contributed by atoms with Crippen molar-refractivity contribution in [1.82, 2.24) is 5.32 Å². The van der Waals surface area contributed by atoms with E-state index in [1.807, 2.05) is 12.1 Å². The number of rotatable bonds is 3. The molecule has 0 spiro atoms. The fourth-order valence-corrected chi connectivity index (χ4v) is 3.91. The molecular weight excluding hydrogens is 250 g/mol. The molecule has 1 atom stereocenters. The molecular formula is C13H17NO3S. The molecule has 0 amide bonds. The first-order valence-electron chi connectivity index (χ1n) is 6.30. The molecule has 2 saturated heterocycles. The van der Waals surface area contributed by atoms with Crippen LogP contribution in [0, 0.1) is 0 Å². The number of sulfone groups is 1. The van der Waals surface area contributed by atoms with Crippen LogP contribution in [0.1, 0.15) is 17.9 Å². The molecule has 2 heterocycles. The van der Waals surface area contributed by atoms with Crippen LogP contribution in [0.5, 0.6) is 0 Å². The summed E-state index contributed by atoms with van der Waals surface area (Å²) in [7, 11) is -3.18. The van der Waals surface area contributed by atoms with E-state index in [0.717, 1.165) is 19.5 Å². The summed E-state index contributed by atoms with van der Waals surface area (Å²) in [5, 5.41) is 2.97. The molecule has 1 aromatic rings. The maximum atomic E-state index is 12.2. The van der Waals surface area contributed by atoms with E-state index in [1.165, 1.54) is 5.56 Å². The zero-order valence-electron chi connectivity index (χ0n) is 10.1. The first-order valence-corrected chi connectivity index (χ1v) is 7.85. The highest BCUT2D eigenvalue weighted by Gasteiger charge is 2.33. The Morgan fingerprint density at radius 2 is 1.89 bits per heavy atom. The second kappa shape index (κ2) is 4.64. The highest BCUT2D eigenvalue weighted by molar-refractivity contribution is 7.92. The summed E-state index contributed by atoms with van der Waals surface area (Å²) in [4.78, 5) is 0.422. The Labute approximate surface area is 107 Å². The highest BCUT2D eigenvalue weighted by Crippen LogP contribution is 2.26. The minimum atomic E-state index is -3.18. The first-order chi connectivity index (χ1) is 8.68. The Kier molecular flexibility index (Phi) is 3.13. The van der Waals surface area contributed by atoms with Crippen molar-refractivity contribution >= 4 is 9.84 Å². The molecule has 1 unspecified atom stereocenters. The van der Waals surface area contributed by atoms with Gasteiger partial charge < -0.3 is 10.1 Å². The van der Waals surface area contributed by atoms with Gasteiger partial charge >= 0.3 is 0 Å². The monoisotopic (exact) mass is 267 g/mol. The summed E-state index contributed by atoms with van der Waals surface area (Å²) in [5.74, 6) is 0.522. The Morgan fingerprint density at radius 3 is 2.39 bits per heavy atom. The van der Waals surface area contributed by atoms with Gasteiger partial charge in [-0.25, -0.2) is 8.42 Å². The van der Waals surface area contributed by atoms with Crippen LogP contribution in [0.15, 0.2) is 29.2 Å². The fourth-order valence-electron chi connectivity index (χ4n) is 2.45. The lowest BCUT2D eigenvalue weighted by Gasteiger charge is -2.25. The second-order valence-electron chi connectivity index (χ2n) is 4.96. The largest absolute Gasteiger partial charge is 0.379 e. The standard InChI is InChI=1S/C13H17NO3S/c15-18(16,13-8-17-9-13)12-3-1-10(2-4-12)11-5-6-14-7-11/h1-4,11,13-14H,5-9H2. The fraction of sp³-hybridized carbons (Fsp3) is 0.538. The van der Waals surface area contributed by atoms with E-state index in [4.69, 9.17) is 4.74 Å². The lowest BCUT2D eigenvalue weighted by atomic mass is 9.99. The van der Waals surface area contributed by atoms with Crippen molar-refractivity contribution in [2.45, 2.75) is 22.5 Å². The number of benzene rings is 1. The Balaban J connectivity index is 1.82. The maximum absolute atomic E-state index is 12.2. The van der Waals surface area contributed by atoms with Gasteiger partial charge in [0, 0.05) is 6.54 Å². The Hall–Kier alpha value is -0.910. The lowest BCUT2D eigenvalue weighted by Crippen LogP contribution is -2.40. The van der Waals surface area contributed by atoms with Crippen LogP contribution >= 0.6 is 0 Å². The average molecular weight is 267 g/mol. The minimum Gasteiger partial charge on any atom is -0.379 e. The molecule has 0 bridgehead atoms. The molecule has 3 rings (SSSR count).